The van der Waals surface area contributed by atoms with Gasteiger partial charge < -0.3 is 20.8 Å². The van der Waals surface area contributed by atoms with Crippen LogP contribution in [0.1, 0.15) is 10.4 Å². The standard InChI is InChI=1S/C15H18N2O3S/c1-17(9-11-3-2-6-21-11)15(20)12(16)7-10-4-5-13(18)14(19)8-10/h2-6,8,12,18-19H,7,9,16H2,1H3/t12-/m0/s1. The number of aromatic hydroxyl groups is 2. The van der Waals surface area contributed by atoms with Crippen LogP contribution in [0.5, 0.6) is 11.5 Å². The van der Waals surface area contributed by atoms with Gasteiger partial charge in [0.25, 0.3) is 0 Å². The minimum atomic E-state index is -0.682. The molecule has 5 nitrogen and oxygen atoms in total. The zero-order valence-corrected chi connectivity index (χ0v) is 12.5. The second-order valence-electron chi connectivity index (χ2n) is 4.91. The summed E-state index contributed by atoms with van der Waals surface area (Å²) in [4.78, 5) is 14.9. The van der Waals surface area contributed by atoms with Crippen LogP contribution < -0.4 is 5.73 Å². The fourth-order valence-corrected chi connectivity index (χ4v) is 2.79. The van der Waals surface area contributed by atoms with Crippen LogP contribution in [0.2, 0.25) is 0 Å². The van der Waals surface area contributed by atoms with E-state index < -0.39 is 6.04 Å². The molecule has 0 fully saturated rings. The van der Waals surface area contributed by atoms with E-state index in [4.69, 9.17) is 5.73 Å². The van der Waals surface area contributed by atoms with Crippen LogP contribution >= 0.6 is 11.3 Å². The summed E-state index contributed by atoms with van der Waals surface area (Å²) in [5.74, 6) is -0.552. The van der Waals surface area contributed by atoms with E-state index in [1.165, 1.54) is 12.1 Å². The van der Waals surface area contributed by atoms with Crippen LogP contribution in [0.4, 0.5) is 0 Å². The first kappa shape index (κ1) is 15.3. The van der Waals surface area contributed by atoms with E-state index >= 15 is 0 Å². The van der Waals surface area contributed by atoms with Crippen molar-refractivity contribution in [1.82, 2.24) is 4.90 Å². The smallest absolute Gasteiger partial charge is 0.239 e. The number of nitrogens with two attached hydrogens (primary N) is 1. The van der Waals surface area contributed by atoms with Gasteiger partial charge in [0.1, 0.15) is 0 Å². The van der Waals surface area contributed by atoms with Crippen molar-refractivity contribution in [3.63, 3.8) is 0 Å². The molecule has 1 aromatic carbocycles. The Morgan fingerprint density at radius 3 is 2.71 bits per heavy atom. The normalized spacial score (nSPS) is 12.1. The number of likely N-dealkylation sites (N-methyl/N-ethyl adjacent to an activating group) is 1. The third-order valence-electron chi connectivity index (χ3n) is 3.16. The summed E-state index contributed by atoms with van der Waals surface area (Å²) in [6, 6.07) is 7.68. The van der Waals surface area contributed by atoms with Crippen LogP contribution in [0.15, 0.2) is 35.7 Å². The number of carbonyl (C=O) groups excluding carboxylic acids is 1. The number of phenols is 2. The SMILES string of the molecule is CN(Cc1cccs1)C(=O)[C@@H](N)Cc1ccc(O)c(O)c1. The summed E-state index contributed by atoms with van der Waals surface area (Å²) in [5.41, 5.74) is 6.64. The molecule has 0 aliphatic carbocycles. The molecule has 0 unspecified atom stereocenters. The predicted molar refractivity (Wildman–Crippen MR) is 82.2 cm³/mol. The molecule has 2 aromatic rings. The highest BCUT2D eigenvalue weighted by Gasteiger charge is 2.19. The molecule has 0 saturated carbocycles. The molecule has 1 aromatic heterocycles. The maximum absolute atomic E-state index is 12.2. The average molecular weight is 306 g/mol. The largest absolute Gasteiger partial charge is 0.504 e. The maximum atomic E-state index is 12.2. The van der Waals surface area contributed by atoms with Crippen LogP contribution in [-0.4, -0.2) is 34.1 Å². The molecule has 0 radical (unpaired) electrons. The molecule has 0 spiro atoms. The van der Waals surface area contributed by atoms with Crippen molar-refractivity contribution in [2.24, 2.45) is 5.73 Å². The Kier molecular flexibility index (Phi) is 4.82. The number of benzene rings is 1. The zero-order chi connectivity index (χ0) is 15.4. The lowest BCUT2D eigenvalue weighted by molar-refractivity contribution is -0.131. The summed E-state index contributed by atoms with van der Waals surface area (Å²) >= 11 is 1.59. The van der Waals surface area contributed by atoms with Gasteiger partial charge in [-0.05, 0) is 35.6 Å². The Labute approximate surface area is 127 Å². The Morgan fingerprint density at radius 2 is 2.10 bits per heavy atom. The first-order valence-electron chi connectivity index (χ1n) is 6.51. The van der Waals surface area contributed by atoms with Gasteiger partial charge in [0.15, 0.2) is 11.5 Å². The summed E-state index contributed by atoms with van der Waals surface area (Å²) in [7, 11) is 1.72. The Morgan fingerprint density at radius 1 is 1.33 bits per heavy atom. The fourth-order valence-electron chi connectivity index (χ4n) is 2.03. The highest BCUT2D eigenvalue weighted by atomic mass is 32.1. The first-order valence-corrected chi connectivity index (χ1v) is 7.39. The number of rotatable bonds is 5. The van der Waals surface area contributed by atoms with Crippen LogP contribution in [-0.2, 0) is 17.8 Å². The Bertz CT molecular complexity index is 613. The molecule has 4 N–H and O–H groups in total. The molecule has 1 amide bonds. The lowest BCUT2D eigenvalue weighted by atomic mass is 10.0. The Hall–Kier alpha value is -2.05. The van der Waals surface area contributed by atoms with Gasteiger partial charge in [-0.3, -0.25) is 4.79 Å². The zero-order valence-electron chi connectivity index (χ0n) is 11.7. The van der Waals surface area contributed by atoms with Crippen LogP contribution in [0.25, 0.3) is 0 Å². The summed E-state index contributed by atoms with van der Waals surface area (Å²) < 4.78 is 0. The lowest BCUT2D eigenvalue weighted by Gasteiger charge is -2.21. The van der Waals surface area contributed by atoms with Gasteiger partial charge in [-0.2, -0.15) is 0 Å². The van der Waals surface area contributed by atoms with E-state index in [0.29, 0.717) is 18.5 Å². The van der Waals surface area contributed by atoms with Crippen molar-refractivity contribution in [2.75, 3.05) is 7.05 Å². The van der Waals surface area contributed by atoms with Crippen molar-refractivity contribution < 1.29 is 15.0 Å². The van der Waals surface area contributed by atoms with Crippen molar-refractivity contribution in [3.8, 4) is 11.5 Å². The average Bonchev–Trinajstić information content (AvgIpc) is 2.94. The summed E-state index contributed by atoms with van der Waals surface area (Å²) in [6.45, 7) is 0.533. The van der Waals surface area contributed by atoms with Crippen LogP contribution in [0, 0.1) is 0 Å². The van der Waals surface area contributed by atoms with E-state index in [9.17, 15) is 15.0 Å². The maximum Gasteiger partial charge on any atom is 0.239 e. The monoisotopic (exact) mass is 306 g/mol. The quantitative estimate of drug-likeness (QED) is 0.734. The molecule has 2 rings (SSSR count). The molecule has 112 valence electrons. The summed E-state index contributed by atoms with van der Waals surface area (Å²) in [6.07, 6.45) is 0.307. The molecule has 0 saturated heterocycles. The molecule has 21 heavy (non-hydrogen) atoms. The highest BCUT2D eigenvalue weighted by Crippen LogP contribution is 2.25. The minimum Gasteiger partial charge on any atom is -0.504 e. The summed E-state index contributed by atoms with van der Waals surface area (Å²) in [5, 5.41) is 20.7. The third kappa shape index (κ3) is 3.96. The number of thiophene rings is 1. The van der Waals surface area contributed by atoms with E-state index in [1.807, 2.05) is 17.5 Å². The highest BCUT2D eigenvalue weighted by molar-refractivity contribution is 7.09. The second kappa shape index (κ2) is 6.60. The van der Waals surface area contributed by atoms with E-state index in [0.717, 1.165) is 4.88 Å². The van der Waals surface area contributed by atoms with Gasteiger partial charge in [0.2, 0.25) is 5.91 Å². The Balaban J connectivity index is 1.96. The van der Waals surface area contributed by atoms with Gasteiger partial charge in [-0.15, -0.1) is 11.3 Å². The van der Waals surface area contributed by atoms with Gasteiger partial charge in [0, 0.05) is 11.9 Å². The van der Waals surface area contributed by atoms with Crippen molar-refractivity contribution in [3.05, 3.63) is 46.2 Å². The van der Waals surface area contributed by atoms with E-state index in [2.05, 4.69) is 0 Å². The predicted octanol–water partition coefficient (Wildman–Crippen LogP) is 1.69. The third-order valence-corrected chi connectivity index (χ3v) is 4.02. The number of hydrogen-bond donors (Lipinski definition) is 3. The van der Waals surface area contributed by atoms with E-state index in [1.54, 1.807) is 29.4 Å². The van der Waals surface area contributed by atoms with Crippen molar-refractivity contribution in [2.45, 2.75) is 19.0 Å². The lowest BCUT2D eigenvalue weighted by Crippen LogP contribution is -2.42. The fraction of sp³-hybridized carbons (Fsp3) is 0.267. The van der Waals surface area contributed by atoms with Crippen LogP contribution in [0.3, 0.4) is 0 Å². The molecule has 0 aliphatic rings. The molecule has 1 heterocycles. The first-order chi connectivity index (χ1) is 9.97. The molecule has 6 heteroatoms. The minimum absolute atomic E-state index is 0.157. The number of carbonyl (C=O) groups is 1. The second-order valence-corrected chi connectivity index (χ2v) is 5.94. The molecule has 0 aliphatic heterocycles. The van der Waals surface area contributed by atoms with Crippen molar-refractivity contribution in [1.29, 1.82) is 0 Å². The number of phenolic OH excluding ortho intramolecular Hbond substituents is 2. The molecule has 1 atom stereocenters. The van der Waals surface area contributed by atoms with Gasteiger partial charge in [-0.1, -0.05) is 12.1 Å². The number of amides is 1. The van der Waals surface area contributed by atoms with Crippen molar-refractivity contribution >= 4 is 17.2 Å². The van der Waals surface area contributed by atoms with E-state index in [-0.39, 0.29) is 17.4 Å². The molecular formula is C15H18N2O3S. The van der Waals surface area contributed by atoms with Gasteiger partial charge >= 0.3 is 0 Å². The van der Waals surface area contributed by atoms with Gasteiger partial charge in [-0.25, -0.2) is 0 Å². The topological polar surface area (TPSA) is 86.8 Å². The molecule has 0 bridgehead atoms. The molecular weight excluding hydrogens is 288 g/mol. The number of nitrogens with zero attached hydrogens (tertiary/aromatic N) is 1. The van der Waals surface area contributed by atoms with Gasteiger partial charge in [0.05, 0.1) is 12.6 Å². The number of hydrogen-bond acceptors (Lipinski definition) is 5.